The van der Waals surface area contributed by atoms with E-state index in [1.54, 1.807) is 42.5 Å². The van der Waals surface area contributed by atoms with Gasteiger partial charge in [-0.1, -0.05) is 30.3 Å². The molecule has 3 unspecified atom stereocenters. The van der Waals surface area contributed by atoms with E-state index in [9.17, 15) is 19.4 Å². The Bertz CT molecular complexity index is 654. The normalized spacial score (nSPS) is 16.7. The molecule has 0 amide bonds. The number of pyridine rings is 1. The summed E-state index contributed by atoms with van der Waals surface area (Å²) in [5.74, 6) is -2.21. The molecule has 110 valence electrons. The van der Waals surface area contributed by atoms with Gasteiger partial charge in [0.2, 0.25) is 7.37 Å². The van der Waals surface area contributed by atoms with Crippen molar-refractivity contribution in [1.82, 2.24) is 4.98 Å². The van der Waals surface area contributed by atoms with Gasteiger partial charge in [0.05, 0.1) is 11.6 Å². The fourth-order valence-corrected chi connectivity index (χ4v) is 4.00. The largest absolute Gasteiger partial charge is 0.481 e. The fourth-order valence-electron chi connectivity index (χ4n) is 2.43. The second-order valence-corrected chi connectivity index (χ2v) is 7.34. The van der Waals surface area contributed by atoms with Crippen LogP contribution in [0.4, 0.5) is 0 Å². The van der Waals surface area contributed by atoms with E-state index in [4.69, 9.17) is 0 Å². The summed E-state index contributed by atoms with van der Waals surface area (Å²) in [6.45, 7) is 1.19. The van der Waals surface area contributed by atoms with Crippen LogP contribution in [0.2, 0.25) is 0 Å². The number of carbonyl (C=O) groups is 1. The van der Waals surface area contributed by atoms with Crippen LogP contribution in [0.3, 0.4) is 0 Å². The number of hydrogen-bond donors (Lipinski definition) is 2. The van der Waals surface area contributed by atoms with Gasteiger partial charge in [0.1, 0.15) is 0 Å². The van der Waals surface area contributed by atoms with E-state index in [1.165, 1.54) is 19.1 Å². The molecule has 0 aliphatic heterocycles. The summed E-state index contributed by atoms with van der Waals surface area (Å²) in [7, 11) is -3.68. The predicted molar refractivity (Wildman–Crippen MR) is 79.5 cm³/mol. The van der Waals surface area contributed by atoms with Crippen molar-refractivity contribution in [3.8, 4) is 0 Å². The lowest BCUT2D eigenvalue weighted by molar-refractivity contribution is -0.139. The first-order valence-electron chi connectivity index (χ1n) is 6.39. The van der Waals surface area contributed by atoms with Crippen molar-refractivity contribution < 1.29 is 19.4 Å². The molecule has 0 saturated heterocycles. The summed E-state index contributed by atoms with van der Waals surface area (Å²) in [6, 6.07) is 11.7. The van der Waals surface area contributed by atoms with Crippen molar-refractivity contribution in [2.24, 2.45) is 0 Å². The summed E-state index contributed by atoms with van der Waals surface area (Å²) in [4.78, 5) is 25.7. The van der Waals surface area contributed by atoms with Crippen LogP contribution < -0.4 is 0 Å². The Morgan fingerprint density at radius 2 is 1.67 bits per heavy atom. The maximum Gasteiger partial charge on any atom is 0.312 e. The molecule has 2 aromatic rings. The Labute approximate surface area is 122 Å². The van der Waals surface area contributed by atoms with E-state index in [2.05, 4.69) is 4.98 Å². The van der Waals surface area contributed by atoms with Gasteiger partial charge >= 0.3 is 5.97 Å². The summed E-state index contributed by atoms with van der Waals surface area (Å²) in [5.41, 5.74) is -0.0158. The minimum atomic E-state index is -3.68. The Balaban J connectivity index is 2.58. The molecule has 1 heterocycles. The Hall–Kier alpha value is -1.97. The molecule has 3 atom stereocenters. The van der Waals surface area contributed by atoms with Crippen molar-refractivity contribution in [2.45, 2.75) is 11.6 Å². The van der Waals surface area contributed by atoms with Gasteiger partial charge in [-0.25, -0.2) is 0 Å². The first-order valence-corrected chi connectivity index (χ1v) is 8.56. The lowest BCUT2D eigenvalue weighted by Crippen LogP contribution is -2.20. The van der Waals surface area contributed by atoms with E-state index >= 15 is 0 Å². The number of aromatic nitrogens is 1. The molecule has 0 aliphatic rings. The topological polar surface area (TPSA) is 87.5 Å². The number of hydrogen-bond acceptors (Lipinski definition) is 3. The van der Waals surface area contributed by atoms with Crippen LogP contribution in [-0.4, -0.2) is 27.6 Å². The van der Waals surface area contributed by atoms with Gasteiger partial charge in [-0.2, -0.15) is 0 Å². The molecule has 2 N–H and O–H groups in total. The third-order valence-corrected chi connectivity index (χ3v) is 4.93. The molecule has 1 aromatic heterocycles. The number of aliphatic carboxylic acids is 1. The van der Waals surface area contributed by atoms with Gasteiger partial charge in [0, 0.05) is 19.1 Å². The Morgan fingerprint density at radius 3 is 2.14 bits per heavy atom. The molecular weight excluding hydrogens is 289 g/mol. The lowest BCUT2D eigenvalue weighted by Gasteiger charge is -2.27. The van der Waals surface area contributed by atoms with Gasteiger partial charge in [0.25, 0.3) is 0 Å². The summed E-state index contributed by atoms with van der Waals surface area (Å²) >= 11 is 0. The van der Waals surface area contributed by atoms with Crippen molar-refractivity contribution in [1.29, 1.82) is 0 Å². The smallest absolute Gasteiger partial charge is 0.312 e. The third kappa shape index (κ3) is 3.57. The molecule has 6 heteroatoms. The van der Waals surface area contributed by atoms with Crippen LogP contribution in [0, 0.1) is 0 Å². The van der Waals surface area contributed by atoms with Gasteiger partial charge in [-0.3, -0.25) is 14.3 Å². The summed E-state index contributed by atoms with van der Waals surface area (Å²) in [6.07, 6.45) is 2.98. The highest BCUT2D eigenvalue weighted by Gasteiger charge is 2.40. The molecular formula is C15H16NO4P. The minimum absolute atomic E-state index is 0.495. The highest BCUT2D eigenvalue weighted by atomic mass is 31.2. The minimum Gasteiger partial charge on any atom is -0.481 e. The molecule has 2 rings (SSSR count). The summed E-state index contributed by atoms with van der Waals surface area (Å²) < 4.78 is 12.3. The number of nitrogens with zero attached hydrogens (tertiary/aromatic N) is 1. The van der Waals surface area contributed by atoms with E-state index in [-0.39, 0.29) is 0 Å². The molecule has 0 spiro atoms. The second-order valence-electron chi connectivity index (χ2n) is 4.90. The van der Waals surface area contributed by atoms with Crippen molar-refractivity contribution in [2.75, 3.05) is 6.66 Å². The van der Waals surface area contributed by atoms with Gasteiger partial charge in [-0.05, 0) is 23.3 Å². The molecule has 0 bridgehead atoms. The van der Waals surface area contributed by atoms with Crippen molar-refractivity contribution in [3.63, 3.8) is 0 Å². The molecule has 0 radical (unpaired) electrons. The van der Waals surface area contributed by atoms with Crippen LogP contribution in [0.1, 0.15) is 22.7 Å². The van der Waals surface area contributed by atoms with Gasteiger partial charge in [-0.15, -0.1) is 0 Å². The average molecular weight is 305 g/mol. The Kier molecular flexibility index (Phi) is 4.56. The number of rotatable bonds is 5. The SMILES string of the molecule is CP(=O)(O)C(c1ccncc1)C(C(=O)O)c1ccccc1. The van der Waals surface area contributed by atoms with E-state index in [0.717, 1.165) is 0 Å². The van der Waals surface area contributed by atoms with Crippen LogP contribution in [0.15, 0.2) is 54.9 Å². The molecule has 5 nitrogen and oxygen atoms in total. The lowest BCUT2D eigenvalue weighted by atomic mass is 9.92. The molecule has 0 aliphatic carbocycles. The maximum atomic E-state index is 12.3. The Morgan fingerprint density at radius 1 is 1.10 bits per heavy atom. The second kappa shape index (κ2) is 6.20. The van der Waals surface area contributed by atoms with E-state index in [0.29, 0.717) is 11.1 Å². The molecule has 21 heavy (non-hydrogen) atoms. The zero-order valence-corrected chi connectivity index (χ0v) is 12.4. The van der Waals surface area contributed by atoms with Crippen LogP contribution in [0.25, 0.3) is 0 Å². The average Bonchev–Trinajstić information content (AvgIpc) is 2.44. The van der Waals surface area contributed by atoms with Gasteiger partial charge < -0.3 is 10.00 Å². The zero-order chi connectivity index (χ0) is 15.5. The third-order valence-electron chi connectivity index (χ3n) is 3.30. The van der Waals surface area contributed by atoms with Crippen molar-refractivity contribution >= 4 is 13.3 Å². The highest BCUT2D eigenvalue weighted by molar-refractivity contribution is 7.57. The molecule has 0 saturated carbocycles. The van der Waals surface area contributed by atoms with Crippen LogP contribution in [-0.2, 0) is 9.36 Å². The highest BCUT2D eigenvalue weighted by Crippen LogP contribution is 2.58. The number of carboxylic acids is 1. The summed E-state index contributed by atoms with van der Waals surface area (Å²) in [5, 5.41) is 9.57. The quantitative estimate of drug-likeness (QED) is 0.829. The molecule has 1 aromatic carbocycles. The van der Waals surface area contributed by atoms with E-state index in [1.807, 2.05) is 0 Å². The predicted octanol–water partition coefficient (Wildman–Crippen LogP) is 2.89. The van der Waals surface area contributed by atoms with Gasteiger partial charge in [0.15, 0.2) is 0 Å². The fraction of sp³-hybridized carbons (Fsp3) is 0.200. The standard InChI is InChI=1S/C15H16NO4P/c1-21(19,20)14(12-7-9-16-10-8-12)13(15(17)18)11-5-3-2-4-6-11/h2-10,13-14H,1H3,(H,17,18)(H,19,20). The van der Waals surface area contributed by atoms with Crippen molar-refractivity contribution in [3.05, 3.63) is 66.0 Å². The van der Waals surface area contributed by atoms with E-state index < -0.39 is 24.9 Å². The molecule has 0 fully saturated rings. The van der Waals surface area contributed by atoms with Crippen LogP contribution in [0.5, 0.6) is 0 Å². The maximum absolute atomic E-state index is 12.3. The van der Waals surface area contributed by atoms with Crippen LogP contribution >= 0.6 is 7.37 Å². The first kappa shape index (κ1) is 15.4. The first-order chi connectivity index (χ1) is 9.91. The monoisotopic (exact) mass is 305 g/mol. The number of benzene rings is 1. The zero-order valence-electron chi connectivity index (χ0n) is 11.5. The number of carboxylic acid groups (broad SMARTS) is 1.